The van der Waals surface area contributed by atoms with Crippen LogP contribution in [0.2, 0.25) is 0 Å². The van der Waals surface area contributed by atoms with Crippen molar-refractivity contribution in [2.45, 2.75) is 20.3 Å². The Hall–Kier alpha value is -1.76. The predicted molar refractivity (Wildman–Crippen MR) is 70.6 cm³/mol. The van der Waals surface area contributed by atoms with E-state index in [9.17, 15) is 5.11 Å². The third-order valence-electron chi connectivity index (χ3n) is 2.79. The molecule has 0 fully saturated rings. The quantitative estimate of drug-likeness (QED) is 0.721. The maximum Gasteiger partial charge on any atom is 0.178 e. The Morgan fingerprint density at radius 3 is 2.35 bits per heavy atom. The Morgan fingerprint density at radius 2 is 1.71 bits per heavy atom. The monoisotopic (exact) mass is 225 g/mol. The second-order valence-electron chi connectivity index (χ2n) is 4.78. The Balaban J connectivity index is 2.46. The zero-order valence-corrected chi connectivity index (χ0v) is 10.3. The summed E-state index contributed by atoms with van der Waals surface area (Å²) in [6, 6.07) is 15.6. The van der Waals surface area contributed by atoms with Gasteiger partial charge in [-0.05, 0) is 41.2 Å². The van der Waals surface area contributed by atoms with E-state index in [1.807, 2.05) is 24.3 Å². The number of hydrogen-bond donors (Lipinski definition) is 0. The van der Waals surface area contributed by atoms with Crippen LogP contribution in [-0.4, -0.2) is 0 Å². The summed E-state index contributed by atoms with van der Waals surface area (Å²) >= 11 is 0. The van der Waals surface area contributed by atoms with E-state index in [4.69, 9.17) is 0 Å². The smallest absolute Gasteiger partial charge is 0.178 e. The third-order valence-corrected chi connectivity index (χ3v) is 2.79. The molecule has 0 aliphatic carbocycles. The van der Waals surface area contributed by atoms with Crippen LogP contribution in [-0.2, 0) is 11.5 Å². The lowest BCUT2D eigenvalue weighted by Crippen LogP contribution is -1.96. The van der Waals surface area contributed by atoms with Crippen LogP contribution in [0.1, 0.15) is 19.4 Å². The van der Waals surface area contributed by atoms with E-state index in [1.165, 1.54) is 11.1 Å². The van der Waals surface area contributed by atoms with Gasteiger partial charge >= 0.3 is 0 Å². The molecule has 2 aromatic rings. The van der Waals surface area contributed by atoms with Crippen molar-refractivity contribution in [3.8, 4) is 16.9 Å². The van der Waals surface area contributed by atoms with Gasteiger partial charge in [0.15, 0.2) is 5.75 Å². The van der Waals surface area contributed by atoms with E-state index in [1.54, 1.807) is 12.1 Å². The summed E-state index contributed by atoms with van der Waals surface area (Å²) in [4.78, 5) is 0. The number of benzene rings is 2. The Labute approximate surface area is 103 Å². The molecule has 0 heterocycles. The van der Waals surface area contributed by atoms with Gasteiger partial charge in [0, 0.05) is 0 Å². The van der Waals surface area contributed by atoms with Crippen molar-refractivity contribution in [3.63, 3.8) is 0 Å². The topological polar surface area (TPSA) is 19.9 Å². The zero-order chi connectivity index (χ0) is 12.3. The maximum absolute atomic E-state index is 11.5. The average molecular weight is 225 g/mol. The molecule has 0 saturated carbocycles. The molecular formula is C16H17O. The van der Waals surface area contributed by atoms with Gasteiger partial charge in [-0.1, -0.05) is 50.2 Å². The lowest BCUT2D eigenvalue weighted by atomic mass is 9.93. The summed E-state index contributed by atoms with van der Waals surface area (Å²) in [5, 5.41) is 11.5. The van der Waals surface area contributed by atoms with E-state index < -0.39 is 0 Å². The number of hydrogen-bond acceptors (Lipinski definition) is 0. The van der Waals surface area contributed by atoms with Gasteiger partial charge in [0.25, 0.3) is 0 Å². The molecule has 2 rings (SSSR count). The molecule has 0 unspecified atom stereocenters. The normalized spacial score (nSPS) is 10.8. The largest absolute Gasteiger partial charge is 0.290 e. The fourth-order valence-electron chi connectivity index (χ4n) is 2.08. The van der Waals surface area contributed by atoms with Crippen molar-refractivity contribution >= 4 is 0 Å². The first-order valence-electron chi connectivity index (χ1n) is 6.02. The first kappa shape index (κ1) is 11.7. The molecule has 0 saturated heterocycles. The minimum Gasteiger partial charge on any atom is -0.290 e. The van der Waals surface area contributed by atoms with Gasteiger partial charge in [0.05, 0.1) is 0 Å². The van der Waals surface area contributed by atoms with E-state index in [-0.39, 0.29) is 5.75 Å². The van der Waals surface area contributed by atoms with Crippen LogP contribution in [0.5, 0.6) is 5.75 Å². The van der Waals surface area contributed by atoms with E-state index >= 15 is 0 Å². The Kier molecular flexibility index (Phi) is 3.48. The molecule has 2 aromatic carbocycles. The van der Waals surface area contributed by atoms with Crippen LogP contribution < -0.4 is 0 Å². The molecule has 1 radical (unpaired) electrons. The van der Waals surface area contributed by atoms with Crippen molar-refractivity contribution in [2.24, 2.45) is 5.92 Å². The second kappa shape index (κ2) is 5.05. The minimum absolute atomic E-state index is 0.0975. The van der Waals surface area contributed by atoms with Gasteiger partial charge < -0.3 is 0 Å². The van der Waals surface area contributed by atoms with Gasteiger partial charge in [-0.2, -0.15) is 0 Å². The predicted octanol–water partition coefficient (Wildman–Crippen LogP) is 4.70. The molecular weight excluding hydrogens is 208 g/mol. The fourth-order valence-corrected chi connectivity index (χ4v) is 2.08. The summed E-state index contributed by atoms with van der Waals surface area (Å²) in [6.45, 7) is 4.35. The molecule has 1 nitrogen and oxygen atoms in total. The van der Waals surface area contributed by atoms with Gasteiger partial charge in [-0.3, -0.25) is 5.11 Å². The molecule has 0 aliphatic heterocycles. The first-order valence-corrected chi connectivity index (χ1v) is 6.02. The lowest BCUT2D eigenvalue weighted by molar-refractivity contribution is 0.354. The summed E-state index contributed by atoms with van der Waals surface area (Å²) in [5.74, 6) is 0.652. The summed E-state index contributed by atoms with van der Waals surface area (Å²) in [6.07, 6.45) is 0.945. The second-order valence-corrected chi connectivity index (χ2v) is 4.78. The van der Waals surface area contributed by atoms with Gasteiger partial charge in [-0.25, -0.2) is 0 Å². The molecule has 0 aromatic heterocycles. The van der Waals surface area contributed by atoms with Crippen LogP contribution >= 0.6 is 0 Å². The van der Waals surface area contributed by atoms with Gasteiger partial charge in [-0.15, -0.1) is 0 Å². The van der Waals surface area contributed by atoms with Crippen molar-refractivity contribution < 1.29 is 5.11 Å². The van der Waals surface area contributed by atoms with Crippen LogP contribution in [0.3, 0.4) is 0 Å². The molecule has 1 heteroatoms. The zero-order valence-electron chi connectivity index (χ0n) is 10.3. The fraction of sp³-hybridized carbons (Fsp3) is 0.250. The van der Waals surface area contributed by atoms with E-state index in [0.29, 0.717) is 5.92 Å². The highest BCUT2D eigenvalue weighted by molar-refractivity contribution is 5.68. The summed E-state index contributed by atoms with van der Waals surface area (Å²) in [7, 11) is 0. The summed E-state index contributed by atoms with van der Waals surface area (Å²) < 4.78 is 0. The Morgan fingerprint density at radius 1 is 1.00 bits per heavy atom. The third kappa shape index (κ3) is 2.88. The molecule has 0 aliphatic rings. The highest BCUT2D eigenvalue weighted by atomic mass is 16.3. The molecule has 0 N–H and O–H groups in total. The van der Waals surface area contributed by atoms with Gasteiger partial charge in [0.2, 0.25) is 0 Å². The van der Waals surface area contributed by atoms with Crippen molar-refractivity contribution in [3.05, 3.63) is 54.1 Å². The van der Waals surface area contributed by atoms with Crippen molar-refractivity contribution in [2.75, 3.05) is 0 Å². The van der Waals surface area contributed by atoms with E-state index in [2.05, 4.69) is 26.0 Å². The van der Waals surface area contributed by atoms with Crippen molar-refractivity contribution in [1.82, 2.24) is 0 Å². The lowest BCUT2D eigenvalue weighted by Gasteiger charge is -2.11. The van der Waals surface area contributed by atoms with Crippen LogP contribution in [0.25, 0.3) is 11.1 Å². The molecule has 0 spiro atoms. The molecule has 17 heavy (non-hydrogen) atoms. The number of rotatable bonds is 3. The highest BCUT2D eigenvalue weighted by Gasteiger charge is 2.08. The SMILES string of the molecule is CC(C)Cc1cc([O])ccc1-c1ccccc1. The maximum atomic E-state index is 11.5. The average Bonchev–Trinajstić information content (AvgIpc) is 2.29. The van der Waals surface area contributed by atoms with Crippen LogP contribution in [0.15, 0.2) is 48.5 Å². The molecule has 87 valence electrons. The molecule has 0 bridgehead atoms. The summed E-state index contributed by atoms with van der Waals surface area (Å²) in [5.41, 5.74) is 3.51. The Bertz CT molecular complexity index is 486. The first-order chi connectivity index (χ1) is 8.16. The van der Waals surface area contributed by atoms with E-state index in [0.717, 1.165) is 12.0 Å². The molecule has 0 atom stereocenters. The minimum atomic E-state index is 0.0975. The molecule has 0 amide bonds. The van der Waals surface area contributed by atoms with Crippen molar-refractivity contribution in [1.29, 1.82) is 0 Å². The highest BCUT2D eigenvalue weighted by Crippen LogP contribution is 2.28. The standard InChI is InChI=1S/C16H17O/c1-12(2)10-14-11-15(17)8-9-16(14)13-6-4-3-5-7-13/h3-9,11-12H,10H2,1-2H3. The van der Waals surface area contributed by atoms with Gasteiger partial charge in [0.1, 0.15) is 0 Å². The van der Waals surface area contributed by atoms with Crippen LogP contribution in [0.4, 0.5) is 0 Å². The van der Waals surface area contributed by atoms with Crippen LogP contribution in [0, 0.1) is 5.92 Å².